The lowest BCUT2D eigenvalue weighted by atomic mass is 10.0. The van der Waals surface area contributed by atoms with Gasteiger partial charge in [0, 0.05) is 12.6 Å². The zero-order valence-electron chi connectivity index (χ0n) is 10.7. The highest BCUT2D eigenvalue weighted by Gasteiger charge is 2.26. The normalized spacial score (nSPS) is 16.7. The molecule has 1 heterocycles. The first kappa shape index (κ1) is 13.3. The van der Waals surface area contributed by atoms with Crippen molar-refractivity contribution >= 4 is 15.9 Å². The summed E-state index contributed by atoms with van der Waals surface area (Å²) in [5, 5.41) is 8.52. The predicted octanol–water partition coefficient (Wildman–Crippen LogP) is 0.923. The topological polar surface area (TPSA) is 75.4 Å². The summed E-state index contributed by atoms with van der Waals surface area (Å²) in [6, 6.07) is 6.13. The van der Waals surface area contributed by atoms with E-state index in [0.717, 1.165) is 18.5 Å². The number of fused-ring (bicyclic) bond motifs is 1. The molecule has 1 aliphatic rings. The fraction of sp³-hybridized carbons (Fsp3) is 0.500. The first-order chi connectivity index (χ1) is 8.43. The third-order valence-corrected chi connectivity index (χ3v) is 4.27. The van der Waals surface area contributed by atoms with E-state index in [1.807, 2.05) is 12.1 Å². The Bertz CT molecular complexity index is 542. The minimum atomic E-state index is -3.64. The van der Waals surface area contributed by atoms with Gasteiger partial charge < -0.3 is 5.32 Å². The van der Waals surface area contributed by atoms with Crippen LogP contribution in [-0.2, 0) is 16.6 Å². The molecule has 1 unspecified atom stereocenters. The lowest BCUT2D eigenvalue weighted by Gasteiger charge is -2.17. The van der Waals surface area contributed by atoms with Crippen LogP contribution in [-0.4, -0.2) is 21.5 Å². The zero-order valence-corrected chi connectivity index (χ0v) is 11.5. The fourth-order valence-electron chi connectivity index (χ4n) is 2.35. The molecule has 1 aromatic rings. The van der Waals surface area contributed by atoms with Crippen molar-refractivity contribution < 1.29 is 8.42 Å². The molecule has 18 heavy (non-hydrogen) atoms. The van der Waals surface area contributed by atoms with Crippen molar-refractivity contribution in [1.82, 2.24) is 5.32 Å². The highest BCUT2D eigenvalue weighted by atomic mass is 32.2. The SMILES string of the molecule is CCNC(C)c1ccc2c(c1)CCN2S(N)(=O)=O. The van der Waals surface area contributed by atoms with Crippen molar-refractivity contribution in [3.8, 4) is 0 Å². The Kier molecular flexibility index (Phi) is 3.61. The van der Waals surface area contributed by atoms with Crippen LogP contribution in [0, 0.1) is 0 Å². The number of nitrogens with one attached hydrogen (secondary N) is 1. The molecule has 0 aromatic heterocycles. The molecule has 2 rings (SSSR count). The van der Waals surface area contributed by atoms with Gasteiger partial charge >= 0.3 is 0 Å². The second-order valence-electron chi connectivity index (χ2n) is 4.53. The average molecular weight is 269 g/mol. The number of hydrogen-bond acceptors (Lipinski definition) is 3. The van der Waals surface area contributed by atoms with Gasteiger partial charge in [-0.2, -0.15) is 8.42 Å². The molecule has 0 saturated heterocycles. The Labute approximate surface area is 108 Å². The Morgan fingerprint density at radius 3 is 2.83 bits per heavy atom. The van der Waals surface area contributed by atoms with E-state index >= 15 is 0 Å². The summed E-state index contributed by atoms with van der Waals surface area (Å²) >= 11 is 0. The van der Waals surface area contributed by atoms with Crippen LogP contribution in [0.15, 0.2) is 18.2 Å². The molecule has 0 aliphatic carbocycles. The summed E-state index contributed by atoms with van der Waals surface area (Å²) in [5.74, 6) is 0. The summed E-state index contributed by atoms with van der Waals surface area (Å²) < 4.78 is 24.1. The number of hydrogen-bond donors (Lipinski definition) is 2. The van der Waals surface area contributed by atoms with Crippen LogP contribution < -0.4 is 14.8 Å². The van der Waals surface area contributed by atoms with E-state index in [9.17, 15) is 8.42 Å². The molecule has 0 radical (unpaired) electrons. The number of benzene rings is 1. The number of nitrogens with two attached hydrogens (primary N) is 1. The van der Waals surface area contributed by atoms with Gasteiger partial charge in [-0.1, -0.05) is 19.1 Å². The highest BCUT2D eigenvalue weighted by molar-refractivity contribution is 7.90. The Morgan fingerprint density at radius 1 is 1.50 bits per heavy atom. The van der Waals surface area contributed by atoms with Crippen molar-refractivity contribution in [2.75, 3.05) is 17.4 Å². The third-order valence-electron chi connectivity index (χ3n) is 3.27. The van der Waals surface area contributed by atoms with E-state index in [-0.39, 0.29) is 6.04 Å². The van der Waals surface area contributed by atoms with Gasteiger partial charge in [-0.3, -0.25) is 4.31 Å². The van der Waals surface area contributed by atoms with Gasteiger partial charge in [-0.15, -0.1) is 0 Å². The van der Waals surface area contributed by atoms with Crippen molar-refractivity contribution in [3.63, 3.8) is 0 Å². The van der Waals surface area contributed by atoms with Gasteiger partial charge in [0.1, 0.15) is 0 Å². The van der Waals surface area contributed by atoms with Gasteiger partial charge in [0.05, 0.1) is 5.69 Å². The molecule has 5 nitrogen and oxygen atoms in total. The molecule has 0 saturated carbocycles. The molecule has 100 valence electrons. The first-order valence-corrected chi connectivity index (χ1v) is 7.60. The summed E-state index contributed by atoms with van der Waals surface area (Å²) in [5.41, 5.74) is 2.93. The smallest absolute Gasteiger partial charge is 0.299 e. The number of anilines is 1. The number of nitrogens with zero attached hydrogens (tertiary/aromatic N) is 1. The molecule has 3 N–H and O–H groups in total. The van der Waals surface area contributed by atoms with E-state index in [1.165, 1.54) is 9.87 Å². The maximum absolute atomic E-state index is 11.4. The van der Waals surface area contributed by atoms with E-state index in [4.69, 9.17) is 5.14 Å². The summed E-state index contributed by atoms with van der Waals surface area (Å²) in [6.07, 6.45) is 0.721. The Hall–Kier alpha value is -1.11. The quantitative estimate of drug-likeness (QED) is 0.853. The zero-order chi connectivity index (χ0) is 13.3. The van der Waals surface area contributed by atoms with Crippen molar-refractivity contribution in [2.24, 2.45) is 5.14 Å². The molecule has 1 atom stereocenters. The summed E-state index contributed by atoms with van der Waals surface area (Å²) in [7, 11) is -3.64. The van der Waals surface area contributed by atoms with Crippen LogP contribution >= 0.6 is 0 Å². The van der Waals surface area contributed by atoms with Crippen LogP contribution in [0.4, 0.5) is 5.69 Å². The van der Waals surface area contributed by atoms with Crippen molar-refractivity contribution in [1.29, 1.82) is 0 Å². The molecular formula is C12H19N3O2S. The molecule has 1 aromatic carbocycles. The minimum absolute atomic E-state index is 0.267. The second-order valence-corrected chi connectivity index (χ2v) is 6.01. The molecule has 0 fully saturated rings. The van der Waals surface area contributed by atoms with E-state index in [0.29, 0.717) is 12.2 Å². The molecule has 6 heteroatoms. The second kappa shape index (κ2) is 4.87. The van der Waals surface area contributed by atoms with E-state index < -0.39 is 10.2 Å². The summed E-state index contributed by atoms with van der Waals surface area (Å²) in [6.45, 7) is 5.50. The number of rotatable bonds is 4. The van der Waals surface area contributed by atoms with Gasteiger partial charge in [-0.05, 0) is 37.1 Å². The standard InChI is InChI=1S/C12H19N3O2S/c1-3-14-9(2)10-4-5-12-11(8-10)6-7-15(12)18(13,16)17/h4-5,8-9,14H,3,6-7H2,1-2H3,(H2,13,16,17). The van der Waals surface area contributed by atoms with Gasteiger partial charge in [0.15, 0.2) is 0 Å². The van der Waals surface area contributed by atoms with Crippen molar-refractivity contribution in [2.45, 2.75) is 26.3 Å². The summed E-state index contributed by atoms with van der Waals surface area (Å²) in [4.78, 5) is 0. The lowest BCUT2D eigenvalue weighted by Crippen LogP contribution is -2.35. The highest BCUT2D eigenvalue weighted by Crippen LogP contribution is 2.31. The monoisotopic (exact) mass is 269 g/mol. The van der Waals surface area contributed by atoms with E-state index in [1.54, 1.807) is 0 Å². The van der Waals surface area contributed by atoms with Crippen LogP contribution in [0.25, 0.3) is 0 Å². The third kappa shape index (κ3) is 2.50. The average Bonchev–Trinajstić information content (AvgIpc) is 2.71. The lowest BCUT2D eigenvalue weighted by molar-refractivity contribution is 0.594. The van der Waals surface area contributed by atoms with Crippen LogP contribution in [0.1, 0.15) is 31.0 Å². The van der Waals surface area contributed by atoms with Gasteiger partial charge in [-0.25, -0.2) is 5.14 Å². The fourth-order valence-corrected chi connectivity index (χ4v) is 3.15. The van der Waals surface area contributed by atoms with Gasteiger partial charge in [0.25, 0.3) is 10.2 Å². The van der Waals surface area contributed by atoms with Crippen molar-refractivity contribution in [3.05, 3.63) is 29.3 Å². The van der Waals surface area contributed by atoms with Crippen LogP contribution in [0.3, 0.4) is 0 Å². The molecule has 0 bridgehead atoms. The molecule has 0 amide bonds. The van der Waals surface area contributed by atoms with Gasteiger partial charge in [0.2, 0.25) is 0 Å². The first-order valence-electron chi connectivity index (χ1n) is 6.10. The Morgan fingerprint density at radius 2 is 2.22 bits per heavy atom. The van der Waals surface area contributed by atoms with E-state index in [2.05, 4.69) is 25.2 Å². The van der Waals surface area contributed by atoms with Crippen LogP contribution in [0.5, 0.6) is 0 Å². The van der Waals surface area contributed by atoms with Crippen LogP contribution in [0.2, 0.25) is 0 Å². The maximum atomic E-state index is 11.4. The minimum Gasteiger partial charge on any atom is -0.310 e. The predicted molar refractivity (Wildman–Crippen MR) is 72.7 cm³/mol. The maximum Gasteiger partial charge on any atom is 0.299 e. The molecule has 0 spiro atoms. The largest absolute Gasteiger partial charge is 0.310 e. The molecule has 1 aliphatic heterocycles. The molecular weight excluding hydrogens is 250 g/mol. The Balaban J connectivity index is 2.31.